The van der Waals surface area contributed by atoms with E-state index in [2.05, 4.69) is 5.32 Å². The van der Waals surface area contributed by atoms with E-state index in [0.717, 1.165) is 6.42 Å². The Labute approximate surface area is 94.5 Å². The fourth-order valence-electron chi connectivity index (χ4n) is 2.67. The highest BCUT2D eigenvalue weighted by molar-refractivity contribution is 4.97. The predicted octanol–water partition coefficient (Wildman–Crippen LogP) is 2.73. The number of ether oxygens (including phenoxy) is 1. The van der Waals surface area contributed by atoms with Crippen molar-refractivity contribution in [3.8, 4) is 0 Å². The van der Waals surface area contributed by atoms with E-state index in [1.54, 1.807) is 7.05 Å². The van der Waals surface area contributed by atoms with Crippen molar-refractivity contribution in [2.75, 3.05) is 20.7 Å². The Morgan fingerprint density at radius 1 is 1.38 bits per heavy atom. The highest BCUT2D eigenvalue weighted by atomic mass is 19.4. The normalized spacial score (nSPS) is 31.7. The van der Waals surface area contributed by atoms with Crippen LogP contribution in [0.15, 0.2) is 0 Å². The van der Waals surface area contributed by atoms with Crippen LogP contribution < -0.4 is 5.32 Å². The van der Waals surface area contributed by atoms with Gasteiger partial charge in [0.05, 0.1) is 0 Å². The van der Waals surface area contributed by atoms with Crippen molar-refractivity contribution >= 4 is 0 Å². The lowest BCUT2D eigenvalue weighted by Crippen LogP contribution is -2.54. The molecular formula is C11H20F3NO. The van der Waals surface area contributed by atoms with Crippen LogP contribution >= 0.6 is 0 Å². The predicted molar refractivity (Wildman–Crippen MR) is 56.3 cm³/mol. The van der Waals surface area contributed by atoms with Gasteiger partial charge in [0.2, 0.25) is 0 Å². The molecular weight excluding hydrogens is 219 g/mol. The van der Waals surface area contributed by atoms with E-state index >= 15 is 0 Å². The van der Waals surface area contributed by atoms with E-state index in [1.807, 2.05) is 0 Å². The lowest BCUT2D eigenvalue weighted by Gasteiger charge is -2.44. The van der Waals surface area contributed by atoms with Gasteiger partial charge in [-0.2, -0.15) is 13.2 Å². The smallest absolute Gasteiger partial charge is 0.368 e. The first kappa shape index (κ1) is 13.8. The Morgan fingerprint density at radius 2 is 2.06 bits per heavy atom. The van der Waals surface area contributed by atoms with Crippen molar-refractivity contribution in [1.82, 2.24) is 5.32 Å². The Hall–Kier alpha value is -0.290. The zero-order valence-corrected chi connectivity index (χ0v) is 9.86. The highest BCUT2D eigenvalue weighted by Crippen LogP contribution is 2.48. The maximum absolute atomic E-state index is 13.1. The summed E-state index contributed by atoms with van der Waals surface area (Å²) in [5.41, 5.74) is -1.91. The number of halogens is 3. The average Bonchev–Trinajstić information content (AvgIpc) is 2.25. The van der Waals surface area contributed by atoms with E-state index < -0.39 is 17.7 Å². The van der Waals surface area contributed by atoms with Crippen LogP contribution in [-0.4, -0.2) is 32.5 Å². The van der Waals surface area contributed by atoms with E-state index in [9.17, 15) is 13.2 Å². The molecule has 2 nitrogen and oxygen atoms in total. The molecule has 1 rings (SSSR count). The average molecular weight is 239 g/mol. The zero-order chi connectivity index (χ0) is 12.2. The Kier molecular flexibility index (Phi) is 4.62. The second-order valence-electron chi connectivity index (χ2n) is 4.43. The van der Waals surface area contributed by atoms with Gasteiger partial charge in [-0.05, 0) is 38.8 Å². The Balaban J connectivity index is 2.83. The van der Waals surface area contributed by atoms with Crippen LogP contribution in [0.25, 0.3) is 0 Å². The van der Waals surface area contributed by atoms with Crippen molar-refractivity contribution in [1.29, 1.82) is 0 Å². The lowest BCUT2D eigenvalue weighted by atomic mass is 9.73. The van der Waals surface area contributed by atoms with Gasteiger partial charge in [-0.25, -0.2) is 0 Å². The van der Waals surface area contributed by atoms with E-state index in [0.29, 0.717) is 25.8 Å². The maximum atomic E-state index is 13.1. The standard InChI is InChI=1S/C11H20F3NO/c1-15-8-6-9-5-3-4-7-10(9,16-2)11(12,13)14/h9,15H,3-8H2,1-2H3. The van der Waals surface area contributed by atoms with Crippen LogP contribution in [0.4, 0.5) is 13.2 Å². The molecule has 2 atom stereocenters. The summed E-state index contributed by atoms with van der Waals surface area (Å²) in [6, 6.07) is 0. The first-order valence-corrected chi connectivity index (χ1v) is 5.74. The van der Waals surface area contributed by atoms with Gasteiger partial charge < -0.3 is 10.1 Å². The van der Waals surface area contributed by atoms with Crippen molar-refractivity contribution in [2.45, 2.75) is 43.9 Å². The molecule has 1 saturated carbocycles. The molecule has 96 valence electrons. The molecule has 0 spiro atoms. The zero-order valence-electron chi connectivity index (χ0n) is 9.86. The SMILES string of the molecule is CNCCC1CCCCC1(OC)C(F)(F)F. The number of methoxy groups -OCH3 is 1. The number of alkyl halides is 3. The molecule has 0 aromatic carbocycles. The number of nitrogens with one attached hydrogen (secondary N) is 1. The summed E-state index contributed by atoms with van der Waals surface area (Å²) < 4.78 is 44.3. The third kappa shape index (κ3) is 2.51. The summed E-state index contributed by atoms with van der Waals surface area (Å²) >= 11 is 0. The molecule has 16 heavy (non-hydrogen) atoms. The van der Waals surface area contributed by atoms with Gasteiger partial charge in [-0.3, -0.25) is 0 Å². The molecule has 0 amide bonds. The topological polar surface area (TPSA) is 21.3 Å². The minimum atomic E-state index is -4.26. The van der Waals surface area contributed by atoms with Gasteiger partial charge in [-0.15, -0.1) is 0 Å². The Bertz CT molecular complexity index is 220. The summed E-state index contributed by atoms with van der Waals surface area (Å²) in [5, 5.41) is 2.91. The first-order chi connectivity index (χ1) is 7.48. The summed E-state index contributed by atoms with van der Waals surface area (Å²) in [4.78, 5) is 0. The van der Waals surface area contributed by atoms with Crippen molar-refractivity contribution in [2.24, 2.45) is 5.92 Å². The molecule has 0 aliphatic heterocycles. The molecule has 1 aliphatic rings. The molecule has 1 aliphatic carbocycles. The fourth-order valence-corrected chi connectivity index (χ4v) is 2.67. The Morgan fingerprint density at radius 3 is 2.56 bits per heavy atom. The molecule has 0 bridgehead atoms. The second kappa shape index (κ2) is 5.36. The molecule has 0 aromatic rings. The minimum Gasteiger partial charge on any atom is -0.368 e. The van der Waals surface area contributed by atoms with Crippen LogP contribution in [0.1, 0.15) is 32.1 Å². The molecule has 0 radical (unpaired) electrons. The van der Waals surface area contributed by atoms with Crippen molar-refractivity contribution < 1.29 is 17.9 Å². The maximum Gasteiger partial charge on any atom is 0.417 e. The number of hydrogen-bond donors (Lipinski definition) is 1. The summed E-state index contributed by atoms with van der Waals surface area (Å²) in [7, 11) is 2.94. The summed E-state index contributed by atoms with van der Waals surface area (Å²) in [6.45, 7) is 0.603. The molecule has 0 aromatic heterocycles. The molecule has 1 fully saturated rings. The third-order valence-corrected chi connectivity index (χ3v) is 3.60. The second-order valence-corrected chi connectivity index (χ2v) is 4.43. The van der Waals surface area contributed by atoms with Crippen LogP contribution in [0.3, 0.4) is 0 Å². The summed E-state index contributed by atoms with van der Waals surface area (Å²) in [5.74, 6) is -0.418. The van der Waals surface area contributed by atoms with Crippen LogP contribution in [-0.2, 0) is 4.74 Å². The number of hydrogen-bond acceptors (Lipinski definition) is 2. The molecule has 0 saturated heterocycles. The monoisotopic (exact) mass is 239 g/mol. The quantitative estimate of drug-likeness (QED) is 0.814. The third-order valence-electron chi connectivity index (χ3n) is 3.60. The molecule has 1 N–H and O–H groups in total. The highest BCUT2D eigenvalue weighted by Gasteiger charge is 2.59. The number of rotatable bonds is 4. The molecule has 2 unspecified atom stereocenters. The fraction of sp³-hybridized carbons (Fsp3) is 1.00. The van der Waals surface area contributed by atoms with Crippen LogP contribution in [0, 0.1) is 5.92 Å². The van der Waals surface area contributed by atoms with E-state index in [1.165, 1.54) is 7.11 Å². The van der Waals surface area contributed by atoms with Crippen molar-refractivity contribution in [3.05, 3.63) is 0 Å². The van der Waals surface area contributed by atoms with E-state index in [4.69, 9.17) is 4.74 Å². The summed E-state index contributed by atoms with van der Waals surface area (Å²) in [6.07, 6.45) is -1.57. The van der Waals surface area contributed by atoms with Gasteiger partial charge in [0.25, 0.3) is 0 Å². The van der Waals surface area contributed by atoms with Gasteiger partial charge in [0, 0.05) is 7.11 Å². The van der Waals surface area contributed by atoms with Crippen molar-refractivity contribution in [3.63, 3.8) is 0 Å². The van der Waals surface area contributed by atoms with Gasteiger partial charge in [0.15, 0.2) is 5.60 Å². The molecule has 0 heterocycles. The van der Waals surface area contributed by atoms with Gasteiger partial charge in [0.1, 0.15) is 0 Å². The molecule has 5 heteroatoms. The minimum absolute atomic E-state index is 0.0986. The first-order valence-electron chi connectivity index (χ1n) is 5.74. The largest absolute Gasteiger partial charge is 0.417 e. The van der Waals surface area contributed by atoms with Crippen LogP contribution in [0.5, 0.6) is 0 Å². The van der Waals surface area contributed by atoms with Gasteiger partial charge >= 0.3 is 6.18 Å². The van der Waals surface area contributed by atoms with E-state index in [-0.39, 0.29) is 6.42 Å². The van der Waals surface area contributed by atoms with Crippen LogP contribution in [0.2, 0.25) is 0 Å². The van der Waals surface area contributed by atoms with Gasteiger partial charge in [-0.1, -0.05) is 12.8 Å². The lowest BCUT2D eigenvalue weighted by molar-refractivity contribution is -0.298.